The van der Waals surface area contributed by atoms with Crippen molar-refractivity contribution >= 4 is 24.7 Å². The summed E-state index contributed by atoms with van der Waals surface area (Å²) in [4.78, 5) is 11.9. The number of aliphatic hydroxyl groups is 2. The Morgan fingerprint density at radius 3 is 2.03 bits per heavy atom. The Hall–Kier alpha value is -2.03. The normalized spacial score (nSPS) is 28.8. The van der Waals surface area contributed by atoms with Crippen LogP contribution in [0.4, 0.5) is 0 Å². The Bertz CT molecular complexity index is 873. The minimum Gasteiger partial charge on any atom is -0.453 e. The zero-order valence-corrected chi connectivity index (χ0v) is 19.2. The molecule has 7 heteroatoms. The van der Waals surface area contributed by atoms with E-state index in [-0.39, 0.29) is 18.1 Å². The molecule has 4 atom stereocenters. The number of rotatable bonds is 5. The molecule has 0 bridgehead atoms. The first kappa shape index (κ1) is 22.2. The van der Waals surface area contributed by atoms with Crippen LogP contribution in [-0.2, 0) is 18.7 Å². The van der Waals surface area contributed by atoms with E-state index in [0.717, 1.165) is 10.4 Å². The minimum absolute atomic E-state index is 0.0919. The zero-order chi connectivity index (χ0) is 22.3. The topological polar surface area (TPSA) is 85.2 Å². The lowest BCUT2D eigenvalue weighted by Crippen LogP contribution is -2.67. The molecular formula is C24H30O6Si. The number of aliphatic hydroxyl groups excluding tert-OH is 2. The average molecular weight is 443 g/mol. The fraction of sp³-hybridized carbons (Fsp3) is 0.458. The molecule has 31 heavy (non-hydrogen) atoms. The highest BCUT2D eigenvalue weighted by molar-refractivity contribution is 6.99. The highest BCUT2D eigenvalue weighted by Crippen LogP contribution is 2.43. The van der Waals surface area contributed by atoms with E-state index < -0.39 is 38.4 Å². The molecular weight excluding hydrogens is 412 g/mol. The largest absolute Gasteiger partial charge is 0.453 e. The van der Waals surface area contributed by atoms with E-state index in [1.165, 1.54) is 0 Å². The van der Waals surface area contributed by atoms with Crippen LogP contribution >= 0.6 is 0 Å². The third kappa shape index (κ3) is 3.64. The lowest BCUT2D eigenvalue weighted by atomic mass is 9.90. The molecule has 0 saturated carbocycles. The van der Waals surface area contributed by atoms with Crippen LogP contribution in [0.2, 0.25) is 5.04 Å². The summed E-state index contributed by atoms with van der Waals surface area (Å²) in [7, 11) is -2.83. The van der Waals surface area contributed by atoms with Gasteiger partial charge in [-0.15, -0.1) is 0 Å². The van der Waals surface area contributed by atoms with Crippen molar-refractivity contribution in [2.24, 2.45) is 0 Å². The van der Waals surface area contributed by atoms with Crippen molar-refractivity contribution in [1.29, 1.82) is 0 Å². The van der Waals surface area contributed by atoms with Gasteiger partial charge in [-0.2, -0.15) is 0 Å². The Kier molecular flexibility index (Phi) is 5.83. The van der Waals surface area contributed by atoms with Gasteiger partial charge in [0.2, 0.25) is 0 Å². The number of ether oxygens (including phenoxy) is 2. The predicted molar refractivity (Wildman–Crippen MR) is 119 cm³/mol. The molecule has 166 valence electrons. The molecule has 2 saturated heterocycles. The summed E-state index contributed by atoms with van der Waals surface area (Å²) in [5.41, 5.74) is -1.28. The van der Waals surface area contributed by atoms with E-state index in [9.17, 15) is 15.0 Å². The minimum atomic E-state index is -2.83. The third-order valence-electron chi connectivity index (χ3n) is 6.51. The summed E-state index contributed by atoms with van der Waals surface area (Å²) < 4.78 is 18.1. The summed E-state index contributed by atoms with van der Waals surface area (Å²) in [5.74, 6) is -0.396. The molecule has 6 nitrogen and oxygen atoms in total. The van der Waals surface area contributed by atoms with E-state index in [4.69, 9.17) is 13.9 Å². The van der Waals surface area contributed by atoms with Gasteiger partial charge in [0, 0.05) is 12.8 Å². The monoisotopic (exact) mass is 442 g/mol. The molecule has 1 spiro atoms. The average Bonchev–Trinajstić information content (AvgIpc) is 3.25. The molecule has 0 radical (unpaired) electrons. The van der Waals surface area contributed by atoms with Crippen LogP contribution in [0.3, 0.4) is 0 Å². The number of esters is 1. The Morgan fingerprint density at radius 2 is 1.58 bits per heavy atom. The van der Waals surface area contributed by atoms with E-state index in [2.05, 4.69) is 45.0 Å². The molecule has 2 aromatic carbocycles. The van der Waals surface area contributed by atoms with E-state index in [1.54, 1.807) is 0 Å². The summed E-state index contributed by atoms with van der Waals surface area (Å²) in [6.45, 7) is 6.60. The summed E-state index contributed by atoms with van der Waals surface area (Å²) in [6, 6.07) is 20.4. The first-order valence-corrected chi connectivity index (χ1v) is 12.6. The van der Waals surface area contributed by atoms with Gasteiger partial charge in [-0.1, -0.05) is 81.4 Å². The van der Waals surface area contributed by atoms with E-state index in [1.807, 2.05) is 36.4 Å². The van der Waals surface area contributed by atoms with Gasteiger partial charge in [0.05, 0.1) is 6.61 Å². The number of carbonyl (C=O) groups is 1. The van der Waals surface area contributed by atoms with Crippen LogP contribution in [0, 0.1) is 0 Å². The SMILES string of the molecule is CC(C)(C)[Si](OC[C@H]1O[C@@H](O)[C@@H](O)[C@]12CCC(=O)O2)(c1ccccc1)c1ccccc1. The zero-order valence-electron chi connectivity index (χ0n) is 18.2. The number of hydrogen-bond acceptors (Lipinski definition) is 6. The van der Waals surface area contributed by atoms with Gasteiger partial charge in [-0.05, 0) is 15.4 Å². The molecule has 0 amide bonds. The second-order valence-corrected chi connectivity index (χ2v) is 13.7. The van der Waals surface area contributed by atoms with Gasteiger partial charge in [0.15, 0.2) is 11.9 Å². The predicted octanol–water partition coefficient (Wildman–Crippen LogP) is 1.72. The van der Waals surface area contributed by atoms with Crippen LogP contribution in [0.25, 0.3) is 0 Å². The van der Waals surface area contributed by atoms with Gasteiger partial charge < -0.3 is 24.1 Å². The highest BCUT2D eigenvalue weighted by Gasteiger charge is 2.62. The van der Waals surface area contributed by atoms with Crippen molar-refractivity contribution in [2.75, 3.05) is 6.61 Å². The molecule has 0 aliphatic carbocycles. The molecule has 0 unspecified atom stereocenters. The lowest BCUT2D eigenvalue weighted by Gasteiger charge is -2.44. The van der Waals surface area contributed by atoms with Gasteiger partial charge in [0.1, 0.15) is 12.2 Å². The van der Waals surface area contributed by atoms with Crippen molar-refractivity contribution in [3.63, 3.8) is 0 Å². The van der Waals surface area contributed by atoms with Crippen LogP contribution in [0.5, 0.6) is 0 Å². The van der Waals surface area contributed by atoms with Gasteiger partial charge in [0.25, 0.3) is 8.32 Å². The van der Waals surface area contributed by atoms with Crippen molar-refractivity contribution in [2.45, 2.75) is 62.8 Å². The number of benzene rings is 2. The number of hydrogen-bond donors (Lipinski definition) is 2. The van der Waals surface area contributed by atoms with E-state index >= 15 is 0 Å². The van der Waals surface area contributed by atoms with E-state index in [0.29, 0.717) is 6.42 Å². The fourth-order valence-electron chi connectivity index (χ4n) is 4.98. The third-order valence-corrected chi connectivity index (χ3v) is 11.5. The fourth-order valence-corrected chi connectivity index (χ4v) is 9.54. The first-order valence-electron chi connectivity index (χ1n) is 10.7. The van der Waals surface area contributed by atoms with Crippen LogP contribution in [0.15, 0.2) is 60.7 Å². The maximum atomic E-state index is 11.9. The van der Waals surface area contributed by atoms with Crippen molar-refractivity contribution < 1.29 is 28.9 Å². The second kappa shape index (κ2) is 8.15. The second-order valence-electron chi connectivity index (χ2n) is 9.36. The Morgan fingerprint density at radius 1 is 1.03 bits per heavy atom. The highest BCUT2D eigenvalue weighted by atomic mass is 28.4. The van der Waals surface area contributed by atoms with Crippen molar-refractivity contribution in [1.82, 2.24) is 0 Å². The lowest BCUT2D eigenvalue weighted by molar-refractivity contribution is -0.161. The maximum Gasteiger partial charge on any atom is 0.306 e. The standard InChI is InChI=1S/C24H30O6Si/c1-23(2,3)31(17-10-6-4-7-11-17,18-12-8-5-9-13-18)28-16-19-24(15-14-20(25)30-24)21(26)22(27)29-19/h4-13,19,21-22,26-27H,14-16H2,1-3H3/t19-,21-,22-,24+/m1/s1. The molecule has 2 fully saturated rings. The quantitative estimate of drug-likeness (QED) is 0.542. The number of carbonyl (C=O) groups excluding carboxylic acids is 1. The Balaban J connectivity index is 1.75. The van der Waals surface area contributed by atoms with Gasteiger partial charge in [-0.25, -0.2) is 0 Å². The van der Waals surface area contributed by atoms with Crippen molar-refractivity contribution in [3.05, 3.63) is 60.7 Å². The first-order chi connectivity index (χ1) is 14.7. The summed E-state index contributed by atoms with van der Waals surface area (Å²) in [5, 5.41) is 22.8. The molecule has 4 rings (SSSR count). The maximum absolute atomic E-state index is 11.9. The van der Waals surface area contributed by atoms with Crippen molar-refractivity contribution in [3.8, 4) is 0 Å². The molecule has 2 aliphatic heterocycles. The molecule has 2 heterocycles. The molecule has 2 aromatic rings. The molecule has 2 aliphatic rings. The molecule has 0 aromatic heterocycles. The van der Waals surface area contributed by atoms with Crippen LogP contribution in [-0.4, -0.2) is 55.2 Å². The summed E-state index contributed by atoms with van der Waals surface area (Å²) >= 11 is 0. The van der Waals surface area contributed by atoms with Gasteiger partial charge in [-0.3, -0.25) is 4.79 Å². The van der Waals surface area contributed by atoms with Crippen LogP contribution < -0.4 is 10.4 Å². The smallest absolute Gasteiger partial charge is 0.306 e. The summed E-state index contributed by atoms with van der Waals surface area (Å²) in [6.07, 6.45) is -3.00. The van der Waals surface area contributed by atoms with Crippen LogP contribution in [0.1, 0.15) is 33.6 Å². The Labute approximate surface area is 183 Å². The van der Waals surface area contributed by atoms with Gasteiger partial charge >= 0.3 is 5.97 Å². The molecule has 2 N–H and O–H groups in total.